The summed E-state index contributed by atoms with van der Waals surface area (Å²) in [5.41, 5.74) is 0. The summed E-state index contributed by atoms with van der Waals surface area (Å²) in [5, 5.41) is 0. The molecule has 2 saturated heterocycles. The van der Waals surface area contributed by atoms with Crippen molar-refractivity contribution in [2.75, 3.05) is 32.1 Å². The number of carbonyl (C=O) groups is 1. The van der Waals surface area contributed by atoms with Gasteiger partial charge in [0.25, 0.3) is 0 Å². The maximum atomic E-state index is 11.8. The summed E-state index contributed by atoms with van der Waals surface area (Å²) in [7, 11) is 0. The molecule has 0 bridgehead atoms. The molecular formula is C12H21ClN2O. The molecule has 0 aliphatic carbocycles. The second-order valence-electron chi connectivity index (χ2n) is 4.82. The minimum Gasteiger partial charge on any atom is -0.341 e. The molecule has 0 spiro atoms. The van der Waals surface area contributed by atoms with E-state index >= 15 is 0 Å². The summed E-state index contributed by atoms with van der Waals surface area (Å²) in [6, 6.07) is 0.607. The molecule has 0 aromatic carbocycles. The first kappa shape index (κ1) is 12.2. The van der Waals surface area contributed by atoms with Crippen LogP contribution in [0.2, 0.25) is 0 Å². The van der Waals surface area contributed by atoms with Crippen LogP contribution >= 0.6 is 11.6 Å². The van der Waals surface area contributed by atoms with Crippen LogP contribution in [0.3, 0.4) is 0 Å². The van der Waals surface area contributed by atoms with Crippen LogP contribution in [-0.2, 0) is 4.79 Å². The minimum absolute atomic E-state index is 0.235. The summed E-state index contributed by atoms with van der Waals surface area (Å²) < 4.78 is 0. The fourth-order valence-corrected chi connectivity index (χ4v) is 2.99. The quantitative estimate of drug-likeness (QED) is 0.706. The standard InChI is InChI=1S/C12H21ClN2O/c13-6-5-12(16)15-9-3-4-11(10-15)14-7-1-2-8-14/h11H,1-10H2. The first-order valence-corrected chi connectivity index (χ1v) is 6.92. The molecule has 3 nitrogen and oxygen atoms in total. The van der Waals surface area contributed by atoms with Crippen molar-refractivity contribution < 1.29 is 4.79 Å². The number of amides is 1. The van der Waals surface area contributed by atoms with E-state index in [9.17, 15) is 4.79 Å². The fraction of sp³-hybridized carbons (Fsp3) is 0.917. The van der Waals surface area contributed by atoms with Crippen molar-refractivity contribution in [2.45, 2.75) is 38.1 Å². The van der Waals surface area contributed by atoms with Crippen LogP contribution in [-0.4, -0.2) is 53.8 Å². The van der Waals surface area contributed by atoms with E-state index in [0.717, 1.165) is 19.5 Å². The Morgan fingerprint density at radius 2 is 1.94 bits per heavy atom. The molecule has 1 atom stereocenters. The van der Waals surface area contributed by atoms with E-state index in [1.807, 2.05) is 4.90 Å². The summed E-state index contributed by atoms with van der Waals surface area (Å²) in [6.07, 6.45) is 5.55. The van der Waals surface area contributed by atoms with Gasteiger partial charge in [-0.3, -0.25) is 9.69 Å². The molecule has 0 N–H and O–H groups in total. The van der Waals surface area contributed by atoms with Gasteiger partial charge in [-0.15, -0.1) is 11.6 Å². The average molecular weight is 245 g/mol. The third kappa shape index (κ3) is 2.89. The minimum atomic E-state index is 0.235. The van der Waals surface area contributed by atoms with E-state index in [0.29, 0.717) is 18.3 Å². The van der Waals surface area contributed by atoms with E-state index in [1.165, 1.54) is 32.4 Å². The normalized spacial score (nSPS) is 27.3. The lowest BCUT2D eigenvalue weighted by molar-refractivity contribution is -0.132. The van der Waals surface area contributed by atoms with Crippen molar-refractivity contribution in [3.05, 3.63) is 0 Å². The zero-order chi connectivity index (χ0) is 11.4. The molecule has 2 fully saturated rings. The van der Waals surface area contributed by atoms with Gasteiger partial charge in [-0.1, -0.05) is 0 Å². The summed E-state index contributed by atoms with van der Waals surface area (Å²) in [4.78, 5) is 16.3. The lowest BCUT2D eigenvalue weighted by Gasteiger charge is -2.37. The fourth-order valence-electron chi connectivity index (χ4n) is 2.82. The molecule has 16 heavy (non-hydrogen) atoms. The Bertz CT molecular complexity index is 241. The van der Waals surface area contributed by atoms with Crippen LogP contribution in [0, 0.1) is 0 Å². The lowest BCUT2D eigenvalue weighted by atomic mass is 10.0. The predicted molar refractivity (Wildman–Crippen MR) is 65.7 cm³/mol. The van der Waals surface area contributed by atoms with E-state index < -0.39 is 0 Å². The first-order chi connectivity index (χ1) is 7.81. The van der Waals surface area contributed by atoms with Gasteiger partial charge in [0.1, 0.15) is 0 Å². The number of hydrogen-bond acceptors (Lipinski definition) is 2. The number of hydrogen-bond donors (Lipinski definition) is 0. The topological polar surface area (TPSA) is 23.6 Å². The Labute approximate surface area is 103 Å². The molecule has 0 saturated carbocycles. The van der Waals surface area contributed by atoms with Crippen LogP contribution in [0.4, 0.5) is 0 Å². The van der Waals surface area contributed by atoms with Crippen LogP contribution in [0.5, 0.6) is 0 Å². The van der Waals surface area contributed by atoms with Gasteiger partial charge in [-0.25, -0.2) is 0 Å². The monoisotopic (exact) mass is 244 g/mol. The summed E-state index contributed by atoms with van der Waals surface area (Å²) in [6.45, 7) is 4.31. The molecule has 4 heteroatoms. The number of rotatable bonds is 3. The number of likely N-dealkylation sites (tertiary alicyclic amines) is 2. The molecule has 2 aliphatic rings. The number of carbonyl (C=O) groups excluding carboxylic acids is 1. The molecule has 2 heterocycles. The van der Waals surface area contributed by atoms with Crippen molar-refractivity contribution in [1.82, 2.24) is 9.80 Å². The second kappa shape index (κ2) is 5.87. The predicted octanol–water partition coefficient (Wildman–Crippen LogP) is 1.70. The van der Waals surface area contributed by atoms with Crippen molar-refractivity contribution in [1.29, 1.82) is 0 Å². The van der Waals surface area contributed by atoms with Gasteiger partial charge < -0.3 is 4.90 Å². The highest BCUT2D eigenvalue weighted by atomic mass is 35.5. The highest BCUT2D eigenvalue weighted by molar-refractivity contribution is 6.18. The van der Waals surface area contributed by atoms with Gasteiger partial charge in [0.2, 0.25) is 5.91 Å². The Hall–Kier alpha value is -0.280. The average Bonchev–Trinajstić information content (AvgIpc) is 2.83. The molecule has 2 rings (SSSR count). The largest absolute Gasteiger partial charge is 0.341 e. The Kier molecular flexibility index (Phi) is 4.47. The van der Waals surface area contributed by atoms with Crippen LogP contribution < -0.4 is 0 Å². The SMILES string of the molecule is O=C(CCCl)N1CCCC(N2CCCC2)C1. The Balaban J connectivity index is 1.85. The first-order valence-electron chi connectivity index (χ1n) is 6.39. The Morgan fingerprint density at radius 1 is 1.19 bits per heavy atom. The van der Waals surface area contributed by atoms with Gasteiger partial charge in [-0.2, -0.15) is 0 Å². The van der Waals surface area contributed by atoms with E-state index in [4.69, 9.17) is 11.6 Å². The molecular weight excluding hydrogens is 224 g/mol. The van der Waals surface area contributed by atoms with Gasteiger partial charge in [0, 0.05) is 31.4 Å². The molecule has 0 aromatic rings. The maximum absolute atomic E-state index is 11.8. The number of nitrogens with zero attached hydrogens (tertiary/aromatic N) is 2. The maximum Gasteiger partial charge on any atom is 0.223 e. The highest BCUT2D eigenvalue weighted by Gasteiger charge is 2.28. The zero-order valence-corrected chi connectivity index (χ0v) is 10.6. The van der Waals surface area contributed by atoms with E-state index in [1.54, 1.807) is 0 Å². The van der Waals surface area contributed by atoms with Gasteiger partial charge in [0.05, 0.1) is 0 Å². The molecule has 1 unspecified atom stereocenters. The van der Waals surface area contributed by atoms with E-state index in [2.05, 4.69) is 4.90 Å². The van der Waals surface area contributed by atoms with E-state index in [-0.39, 0.29) is 5.91 Å². The zero-order valence-electron chi connectivity index (χ0n) is 9.83. The van der Waals surface area contributed by atoms with Crippen molar-refractivity contribution in [3.8, 4) is 0 Å². The molecule has 0 radical (unpaired) electrons. The number of halogens is 1. The van der Waals surface area contributed by atoms with Gasteiger partial charge in [0.15, 0.2) is 0 Å². The van der Waals surface area contributed by atoms with Crippen LogP contribution in [0.1, 0.15) is 32.1 Å². The molecule has 1 amide bonds. The van der Waals surface area contributed by atoms with Crippen molar-refractivity contribution >= 4 is 17.5 Å². The smallest absolute Gasteiger partial charge is 0.223 e. The van der Waals surface area contributed by atoms with Gasteiger partial charge in [-0.05, 0) is 38.8 Å². The Morgan fingerprint density at radius 3 is 2.62 bits per heavy atom. The third-order valence-electron chi connectivity index (χ3n) is 3.71. The number of piperidine rings is 1. The lowest BCUT2D eigenvalue weighted by Crippen LogP contribution is -2.49. The van der Waals surface area contributed by atoms with Crippen molar-refractivity contribution in [2.24, 2.45) is 0 Å². The van der Waals surface area contributed by atoms with Crippen LogP contribution in [0.15, 0.2) is 0 Å². The molecule has 0 aromatic heterocycles. The van der Waals surface area contributed by atoms with Crippen LogP contribution in [0.25, 0.3) is 0 Å². The summed E-state index contributed by atoms with van der Waals surface area (Å²) >= 11 is 5.62. The molecule has 92 valence electrons. The summed E-state index contributed by atoms with van der Waals surface area (Å²) in [5.74, 6) is 0.683. The van der Waals surface area contributed by atoms with Gasteiger partial charge >= 0.3 is 0 Å². The highest BCUT2D eigenvalue weighted by Crippen LogP contribution is 2.20. The number of alkyl halides is 1. The second-order valence-corrected chi connectivity index (χ2v) is 5.20. The molecule has 2 aliphatic heterocycles. The third-order valence-corrected chi connectivity index (χ3v) is 3.90. The van der Waals surface area contributed by atoms with Crippen molar-refractivity contribution in [3.63, 3.8) is 0 Å².